The van der Waals surface area contributed by atoms with Crippen molar-refractivity contribution < 1.29 is 4.42 Å². The van der Waals surface area contributed by atoms with Gasteiger partial charge >= 0.3 is 0 Å². The van der Waals surface area contributed by atoms with E-state index in [1.807, 2.05) is 13.8 Å². The van der Waals surface area contributed by atoms with Gasteiger partial charge in [0.2, 0.25) is 5.89 Å². The Hall–Kier alpha value is -1.52. The van der Waals surface area contributed by atoms with E-state index in [1.54, 1.807) is 0 Å². The zero-order valence-electron chi connectivity index (χ0n) is 9.50. The Morgan fingerprint density at radius 3 is 2.80 bits per heavy atom. The Kier molecular flexibility index (Phi) is 4.15. The topological polar surface area (TPSA) is 76.4 Å². The summed E-state index contributed by atoms with van der Waals surface area (Å²) in [6.45, 7) is 7.08. The van der Waals surface area contributed by atoms with Crippen molar-refractivity contribution in [2.45, 2.75) is 33.7 Å². The molecule has 1 rings (SSSR count). The molecule has 0 bridgehead atoms. The third-order valence-electron chi connectivity index (χ3n) is 2.01. The lowest BCUT2D eigenvalue weighted by molar-refractivity contribution is 0.473. The van der Waals surface area contributed by atoms with Crippen LogP contribution in [0.2, 0.25) is 0 Å². The summed E-state index contributed by atoms with van der Waals surface area (Å²) in [5.74, 6) is 1.87. The molecule has 15 heavy (non-hydrogen) atoms. The maximum atomic E-state index is 5.62. The number of aryl methyl sites for hydroxylation is 2. The molecule has 0 amide bonds. The van der Waals surface area contributed by atoms with Gasteiger partial charge < -0.3 is 15.5 Å². The fraction of sp³-hybridized carbons (Fsp3) is 0.600. The summed E-state index contributed by atoms with van der Waals surface area (Å²) < 4.78 is 5.37. The molecule has 0 unspecified atom stereocenters. The third kappa shape index (κ3) is 3.61. The lowest BCUT2D eigenvalue weighted by atomic mass is 10.4. The molecule has 1 aromatic rings. The van der Waals surface area contributed by atoms with Crippen LogP contribution in [0.25, 0.3) is 0 Å². The number of hydrogen-bond acceptors (Lipinski definition) is 3. The molecule has 0 saturated heterocycles. The number of aromatic nitrogens is 1. The zero-order valence-corrected chi connectivity index (χ0v) is 9.50. The van der Waals surface area contributed by atoms with Gasteiger partial charge in [-0.25, -0.2) is 9.98 Å². The van der Waals surface area contributed by atoms with Gasteiger partial charge in [0.25, 0.3) is 0 Å². The molecule has 0 aliphatic carbocycles. The Bertz CT molecular complexity index is 324. The molecule has 1 heterocycles. The Morgan fingerprint density at radius 2 is 2.27 bits per heavy atom. The van der Waals surface area contributed by atoms with Gasteiger partial charge in [-0.15, -0.1) is 0 Å². The standard InChI is InChI=1S/C10H18N4O/c1-4-5-12-10(11)13-6-9-14-7(2)8(3)15-9/h4-6H2,1-3H3,(H3,11,12,13). The van der Waals surface area contributed by atoms with Crippen LogP contribution in [0.3, 0.4) is 0 Å². The average molecular weight is 210 g/mol. The molecule has 0 atom stereocenters. The maximum Gasteiger partial charge on any atom is 0.216 e. The van der Waals surface area contributed by atoms with Gasteiger partial charge in [0.1, 0.15) is 12.3 Å². The highest BCUT2D eigenvalue weighted by molar-refractivity contribution is 5.77. The minimum Gasteiger partial charge on any atom is -0.444 e. The van der Waals surface area contributed by atoms with Crippen molar-refractivity contribution in [1.82, 2.24) is 10.3 Å². The average Bonchev–Trinajstić information content (AvgIpc) is 2.52. The highest BCUT2D eigenvalue weighted by atomic mass is 16.4. The summed E-state index contributed by atoms with van der Waals surface area (Å²) in [6.07, 6.45) is 1.02. The quantitative estimate of drug-likeness (QED) is 0.576. The molecule has 3 N–H and O–H groups in total. The monoisotopic (exact) mass is 210 g/mol. The van der Waals surface area contributed by atoms with E-state index in [1.165, 1.54) is 0 Å². The second-order valence-electron chi connectivity index (χ2n) is 3.38. The van der Waals surface area contributed by atoms with E-state index in [-0.39, 0.29) is 0 Å². The minimum atomic E-state index is 0.386. The highest BCUT2D eigenvalue weighted by Crippen LogP contribution is 2.08. The first kappa shape index (κ1) is 11.6. The largest absolute Gasteiger partial charge is 0.444 e. The van der Waals surface area contributed by atoms with Crippen LogP contribution in [0.4, 0.5) is 0 Å². The third-order valence-corrected chi connectivity index (χ3v) is 2.01. The molecular weight excluding hydrogens is 192 g/mol. The van der Waals surface area contributed by atoms with Crippen LogP contribution in [0.1, 0.15) is 30.7 Å². The SMILES string of the molecule is CCCNC(N)=NCc1nc(C)c(C)o1. The molecule has 84 valence electrons. The summed E-state index contributed by atoms with van der Waals surface area (Å²) in [7, 11) is 0. The minimum absolute atomic E-state index is 0.386. The van der Waals surface area contributed by atoms with Crippen molar-refractivity contribution in [3.8, 4) is 0 Å². The fourth-order valence-corrected chi connectivity index (χ4v) is 1.07. The van der Waals surface area contributed by atoms with Gasteiger partial charge in [-0.05, 0) is 20.3 Å². The van der Waals surface area contributed by atoms with E-state index in [9.17, 15) is 0 Å². The maximum absolute atomic E-state index is 5.62. The van der Waals surface area contributed by atoms with Gasteiger partial charge in [-0.1, -0.05) is 6.92 Å². The van der Waals surface area contributed by atoms with Crippen LogP contribution >= 0.6 is 0 Å². The molecule has 5 nitrogen and oxygen atoms in total. The van der Waals surface area contributed by atoms with E-state index in [0.717, 1.165) is 24.4 Å². The summed E-state index contributed by atoms with van der Waals surface area (Å²) in [5.41, 5.74) is 6.52. The molecule has 0 fully saturated rings. The van der Waals surface area contributed by atoms with Crippen LogP contribution in [-0.2, 0) is 6.54 Å². The molecular formula is C10H18N4O. The van der Waals surface area contributed by atoms with E-state index in [0.29, 0.717) is 18.4 Å². The number of nitrogens with two attached hydrogens (primary N) is 1. The van der Waals surface area contributed by atoms with Gasteiger partial charge in [-0.2, -0.15) is 0 Å². The van der Waals surface area contributed by atoms with Crippen molar-refractivity contribution in [1.29, 1.82) is 0 Å². The van der Waals surface area contributed by atoms with Gasteiger partial charge in [-0.3, -0.25) is 0 Å². The van der Waals surface area contributed by atoms with Crippen LogP contribution < -0.4 is 11.1 Å². The van der Waals surface area contributed by atoms with E-state index in [4.69, 9.17) is 10.2 Å². The number of rotatable bonds is 4. The Morgan fingerprint density at radius 1 is 1.53 bits per heavy atom. The number of hydrogen-bond donors (Lipinski definition) is 2. The molecule has 0 aromatic carbocycles. The summed E-state index contributed by atoms with van der Waals surface area (Å²) in [4.78, 5) is 8.32. The Labute approximate surface area is 89.8 Å². The van der Waals surface area contributed by atoms with Crippen molar-refractivity contribution in [3.05, 3.63) is 17.3 Å². The van der Waals surface area contributed by atoms with Gasteiger partial charge in [0.15, 0.2) is 5.96 Å². The summed E-state index contributed by atoms with van der Waals surface area (Å²) in [5, 5.41) is 2.98. The number of aliphatic imine (C=N–C) groups is 1. The van der Waals surface area contributed by atoms with Crippen molar-refractivity contribution in [3.63, 3.8) is 0 Å². The van der Waals surface area contributed by atoms with E-state index in [2.05, 4.69) is 22.2 Å². The number of guanidine groups is 1. The lowest BCUT2D eigenvalue weighted by Crippen LogP contribution is -2.32. The number of nitrogens with zero attached hydrogens (tertiary/aromatic N) is 2. The molecule has 0 radical (unpaired) electrons. The van der Waals surface area contributed by atoms with Crippen molar-refractivity contribution in [2.24, 2.45) is 10.7 Å². The first-order chi connectivity index (χ1) is 7.13. The fourth-order valence-electron chi connectivity index (χ4n) is 1.07. The predicted molar refractivity (Wildman–Crippen MR) is 59.6 cm³/mol. The normalized spacial score (nSPS) is 11.8. The Balaban J connectivity index is 2.48. The summed E-state index contributed by atoms with van der Waals surface area (Å²) in [6, 6.07) is 0. The number of oxazole rings is 1. The first-order valence-corrected chi connectivity index (χ1v) is 5.10. The first-order valence-electron chi connectivity index (χ1n) is 5.10. The second kappa shape index (κ2) is 5.38. The molecule has 0 aliphatic rings. The molecule has 0 aliphatic heterocycles. The molecule has 5 heteroatoms. The molecule has 1 aromatic heterocycles. The van der Waals surface area contributed by atoms with Crippen LogP contribution in [0, 0.1) is 13.8 Å². The lowest BCUT2D eigenvalue weighted by Gasteiger charge is -2.01. The number of nitrogens with one attached hydrogen (secondary N) is 1. The van der Waals surface area contributed by atoms with E-state index < -0.39 is 0 Å². The zero-order chi connectivity index (χ0) is 11.3. The van der Waals surface area contributed by atoms with Gasteiger partial charge in [0.05, 0.1) is 5.69 Å². The predicted octanol–water partition coefficient (Wildman–Crippen LogP) is 1.11. The summed E-state index contributed by atoms with van der Waals surface area (Å²) >= 11 is 0. The second-order valence-corrected chi connectivity index (χ2v) is 3.38. The van der Waals surface area contributed by atoms with Crippen molar-refractivity contribution in [2.75, 3.05) is 6.54 Å². The van der Waals surface area contributed by atoms with Crippen LogP contribution in [-0.4, -0.2) is 17.5 Å². The highest BCUT2D eigenvalue weighted by Gasteiger charge is 2.04. The van der Waals surface area contributed by atoms with Crippen LogP contribution in [0.15, 0.2) is 9.41 Å². The molecule has 0 spiro atoms. The smallest absolute Gasteiger partial charge is 0.216 e. The van der Waals surface area contributed by atoms with Crippen LogP contribution in [0.5, 0.6) is 0 Å². The molecule has 0 saturated carbocycles. The van der Waals surface area contributed by atoms with Crippen molar-refractivity contribution >= 4 is 5.96 Å². The van der Waals surface area contributed by atoms with Gasteiger partial charge in [0, 0.05) is 6.54 Å². The van der Waals surface area contributed by atoms with E-state index >= 15 is 0 Å².